The van der Waals surface area contributed by atoms with Crippen LogP contribution in [0.4, 0.5) is 0 Å². The maximum atomic E-state index is 11.1. The van der Waals surface area contributed by atoms with Crippen LogP contribution in [-0.4, -0.2) is 22.4 Å². The lowest BCUT2D eigenvalue weighted by Crippen LogP contribution is -2.14. The molecule has 0 spiro atoms. The van der Waals surface area contributed by atoms with Crippen molar-refractivity contribution in [3.63, 3.8) is 0 Å². The number of hydrogen-bond acceptors (Lipinski definition) is 4. The molecule has 13 heavy (non-hydrogen) atoms. The van der Waals surface area contributed by atoms with Gasteiger partial charge in [0, 0.05) is 12.6 Å². The lowest BCUT2D eigenvalue weighted by atomic mass is 10.2. The molecule has 0 radical (unpaired) electrons. The Balaban J connectivity index is 2.26. The molecule has 1 aliphatic rings. The van der Waals surface area contributed by atoms with Gasteiger partial charge in [0.05, 0.1) is 18.4 Å². The van der Waals surface area contributed by atoms with Crippen LogP contribution in [0.3, 0.4) is 0 Å². The number of nitriles is 1. The summed E-state index contributed by atoms with van der Waals surface area (Å²) in [7, 11) is 0. The summed E-state index contributed by atoms with van der Waals surface area (Å²) in [6, 6.07) is 1.60. The molecule has 1 aliphatic heterocycles. The van der Waals surface area contributed by atoms with E-state index in [0.29, 0.717) is 18.6 Å². The van der Waals surface area contributed by atoms with E-state index >= 15 is 0 Å². The Labute approximate surface area is 74.5 Å². The van der Waals surface area contributed by atoms with Gasteiger partial charge in [0.2, 0.25) is 0 Å². The van der Waals surface area contributed by atoms with Gasteiger partial charge in [-0.25, -0.2) is 4.79 Å². The van der Waals surface area contributed by atoms with Crippen LogP contribution in [0.25, 0.3) is 0 Å². The van der Waals surface area contributed by atoms with Crippen LogP contribution in [0.5, 0.6) is 0 Å². The van der Waals surface area contributed by atoms with Crippen molar-refractivity contribution < 1.29 is 9.53 Å². The van der Waals surface area contributed by atoms with Crippen LogP contribution >= 0.6 is 0 Å². The van der Waals surface area contributed by atoms with Crippen molar-refractivity contribution in [3.8, 4) is 6.07 Å². The zero-order chi connectivity index (χ0) is 9.26. The summed E-state index contributed by atoms with van der Waals surface area (Å²) in [6.45, 7) is 0.436. The van der Waals surface area contributed by atoms with E-state index < -0.39 is 0 Å². The minimum Gasteiger partial charge on any atom is -0.464 e. The fourth-order valence-electron chi connectivity index (χ4n) is 1.29. The van der Waals surface area contributed by atoms with Gasteiger partial charge in [0.15, 0.2) is 6.04 Å². The van der Waals surface area contributed by atoms with E-state index in [1.54, 1.807) is 6.20 Å². The van der Waals surface area contributed by atoms with Crippen LogP contribution < -0.4 is 0 Å². The van der Waals surface area contributed by atoms with Gasteiger partial charge in [-0.1, -0.05) is 0 Å². The number of nitrogens with zero attached hydrogens (tertiary/aromatic N) is 3. The van der Waals surface area contributed by atoms with Crippen molar-refractivity contribution in [2.75, 3.05) is 6.61 Å². The van der Waals surface area contributed by atoms with E-state index in [0.717, 1.165) is 0 Å². The number of rotatable bonds is 1. The van der Waals surface area contributed by atoms with Gasteiger partial charge in [-0.2, -0.15) is 10.4 Å². The van der Waals surface area contributed by atoms with Gasteiger partial charge in [-0.15, -0.1) is 0 Å². The van der Waals surface area contributed by atoms with Crippen molar-refractivity contribution in [2.24, 2.45) is 0 Å². The molecule has 0 amide bonds. The van der Waals surface area contributed by atoms with Crippen molar-refractivity contribution in [1.29, 1.82) is 5.26 Å². The number of carbonyl (C=O) groups excluding carboxylic acids is 1. The molecule has 2 heterocycles. The second-order valence-electron chi connectivity index (χ2n) is 2.79. The van der Waals surface area contributed by atoms with E-state index in [9.17, 15) is 4.79 Å². The molecule has 0 N–H and O–H groups in total. The van der Waals surface area contributed by atoms with Gasteiger partial charge in [-0.05, 0) is 0 Å². The first-order chi connectivity index (χ1) is 6.31. The standard InChI is InChI=1S/C8H7N3O2/c9-3-6-4-10-11(5-6)7-1-2-13-8(7)12/h4-5,7H,1-2H2. The topological polar surface area (TPSA) is 67.9 Å². The van der Waals surface area contributed by atoms with E-state index in [2.05, 4.69) is 5.10 Å². The fraction of sp³-hybridized carbons (Fsp3) is 0.375. The van der Waals surface area contributed by atoms with Crippen molar-refractivity contribution in [1.82, 2.24) is 9.78 Å². The van der Waals surface area contributed by atoms with Crippen LogP contribution in [0.15, 0.2) is 12.4 Å². The number of carbonyl (C=O) groups is 1. The predicted molar refractivity (Wildman–Crippen MR) is 41.6 cm³/mol. The van der Waals surface area contributed by atoms with Gasteiger partial charge in [0.1, 0.15) is 6.07 Å². The smallest absolute Gasteiger partial charge is 0.331 e. The van der Waals surface area contributed by atoms with E-state index in [1.807, 2.05) is 6.07 Å². The summed E-state index contributed by atoms with van der Waals surface area (Å²) in [5.41, 5.74) is 0.458. The first kappa shape index (κ1) is 7.80. The molecule has 0 saturated carbocycles. The average Bonchev–Trinajstić information content (AvgIpc) is 2.71. The molecule has 1 aromatic rings. The maximum Gasteiger partial charge on any atom is 0.331 e. The Morgan fingerprint density at radius 3 is 3.15 bits per heavy atom. The van der Waals surface area contributed by atoms with Crippen LogP contribution in [0, 0.1) is 11.3 Å². The quantitative estimate of drug-likeness (QED) is 0.576. The molecular weight excluding hydrogens is 170 g/mol. The molecule has 1 atom stereocenters. The molecule has 1 saturated heterocycles. The normalized spacial score (nSPS) is 21.2. The Hall–Kier alpha value is -1.83. The minimum atomic E-state index is -0.345. The second kappa shape index (κ2) is 2.90. The lowest BCUT2D eigenvalue weighted by Gasteiger charge is -2.03. The summed E-state index contributed by atoms with van der Waals surface area (Å²) in [4.78, 5) is 11.1. The predicted octanol–water partition coefficient (Wildman–Crippen LogP) is 0.243. The SMILES string of the molecule is N#Cc1cnn(C2CCOC2=O)c1. The Morgan fingerprint density at radius 1 is 1.77 bits per heavy atom. The summed E-state index contributed by atoms with van der Waals surface area (Å²) in [6.07, 6.45) is 3.62. The molecule has 0 aliphatic carbocycles. The average molecular weight is 177 g/mol. The molecule has 0 bridgehead atoms. The highest BCUT2D eigenvalue weighted by atomic mass is 16.5. The highest BCUT2D eigenvalue weighted by Gasteiger charge is 2.28. The molecule has 5 heteroatoms. The number of esters is 1. The van der Waals surface area contributed by atoms with Gasteiger partial charge < -0.3 is 4.74 Å². The first-order valence-electron chi connectivity index (χ1n) is 3.92. The Kier molecular flexibility index (Phi) is 1.74. The van der Waals surface area contributed by atoms with E-state index in [-0.39, 0.29) is 12.0 Å². The monoisotopic (exact) mass is 177 g/mol. The molecule has 2 rings (SSSR count). The van der Waals surface area contributed by atoms with Gasteiger partial charge in [-0.3, -0.25) is 4.68 Å². The fourth-order valence-corrected chi connectivity index (χ4v) is 1.29. The third-order valence-electron chi connectivity index (χ3n) is 1.96. The summed E-state index contributed by atoms with van der Waals surface area (Å²) >= 11 is 0. The third-order valence-corrected chi connectivity index (χ3v) is 1.96. The zero-order valence-corrected chi connectivity index (χ0v) is 6.80. The van der Waals surface area contributed by atoms with Gasteiger partial charge in [0.25, 0.3) is 0 Å². The highest BCUT2D eigenvalue weighted by Crippen LogP contribution is 2.19. The summed E-state index contributed by atoms with van der Waals surface area (Å²) < 4.78 is 6.26. The molecule has 5 nitrogen and oxygen atoms in total. The largest absolute Gasteiger partial charge is 0.464 e. The molecular formula is C8H7N3O2. The van der Waals surface area contributed by atoms with Crippen LogP contribution in [-0.2, 0) is 9.53 Å². The van der Waals surface area contributed by atoms with Gasteiger partial charge >= 0.3 is 5.97 Å². The Bertz CT molecular complexity index is 377. The molecule has 1 unspecified atom stereocenters. The summed E-state index contributed by atoms with van der Waals surface area (Å²) in [5, 5.41) is 12.5. The molecule has 1 fully saturated rings. The van der Waals surface area contributed by atoms with Crippen LogP contribution in [0.2, 0.25) is 0 Å². The van der Waals surface area contributed by atoms with Crippen molar-refractivity contribution in [3.05, 3.63) is 18.0 Å². The minimum absolute atomic E-state index is 0.271. The molecule has 1 aromatic heterocycles. The van der Waals surface area contributed by atoms with Crippen LogP contribution in [0.1, 0.15) is 18.0 Å². The number of cyclic esters (lactones) is 1. The maximum absolute atomic E-state index is 11.1. The molecule has 0 aromatic carbocycles. The van der Waals surface area contributed by atoms with E-state index in [1.165, 1.54) is 10.9 Å². The number of ether oxygens (including phenoxy) is 1. The number of hydrogen-bond donors (Lipinski definition) is 0. The number of aromatic nitrogens is 2. The van der Waals surface area contributed by atoms with E-state index in [4.69, 9.17) is 10.00 Å². The Morgan fingerprint density at radius 2 is 2.62 bits per heavy atom. The van der Waals surface area contributed by atoms with Crippen molar-refractivity contribution >= 4 is 5.97 Å². The summed E-state index contributed by atoms with van der Waals surface area (Å²) in [5.74, 6) is -0.271. The third kappa shape index (κ3) is 1.26. The van der Waals surface area contributed by atoms with Crippen molar-refractivity contribution in [2.45, 2.75) is 12.5 Å². The lowest BCUT2D eigenvalue weighted by molar-refractivity contribution is -0.140. The molecule has 66 valence electrons. The second-order valence-corrected chi connectivity index (χ2v) is 2.79. The first-order valence-corrected chi connectivity index (χ1v) is 3.92. The highest BCUT2D eigenvalue weighted by molar-refractivity contribution is 5.75. The zero-order valence-electron chi connectivity index (χ0n) is 6.80.